The number of hydrogen-bond acceptors (Lipinski definition) is 4. The Hall–Kier alpha value is -0.620. The van der Waals surface area contributed by atoms with Gasteiger partial charge >= 0.3 is 0 Å². The second-order valence-electron chi connectivity index (χ2n) is 5.84. The first-order valence-corrected chi connectivity index (χ1v) is 7.92. The van der Waals surface area contributed by atoms with Crippen LogP contribution in [0.1, 0.15) is 41.0 Å². The van der Waals surface area contributed by atoms with E-state index in [4.69, 9.17) is 11.1 Å². The molecule has 0 atom stereocenters. The predicted molar refractivity (Wildman–Crippen MR) is 76.8 cm³/mol. The van der Waals surface area contributed by atoms with Gasteiger partial charge in [-0.2, -0.15) is 0 Å². The standard InChI is InChI=1S/C12H27N3O2S/c1-10(2)15(7-6-11(13)14)8-9-18(16,17)12(3,4)5/h10H,6-9H2,1-5H3,(H3,13,14). The Bertz CT molecular complexity index is 369. The van der Waals surface area contributed by atoms with Gasteiger partial charge in [-0.15, -0.1) is 0 Å². The minimum absolute atomic E-state index is 0.138. The third-order valence-corrected chi connectivity index (χ3v) is 5.56. The zero-order valence-corrected chi connectivity index (χ0v) is 13.0. The van der Waals surface area contributed by atoms with Crippen molar-refractivity contribution in [3.8, 4) is 0 Å². The van der Waals surface area contributed by atoms with Crippen molar-refractivity contribution >= 4 is 15.7 Å². The van der Waals surface area contributed by atoms with Gasteiger partial charge in [-0.3, -0.25) is 10.3 Å². The minimum Gasteiger partial charge on any atom is -0.388 e. The molecule has 0 fully saturated rings. The quantitative estimate of drug-likeness (QED) is 0.541. The maximum absolute atomic E-state index is 12.0. The summed E-state index contributed by atoms with van der Waals surface area (Å²) in [6, 6.07) is 0.250. The molecule has 0 aromatic carbocycles. The average molecular weight is 277 g/mol. The fourth-order valence-corrected chi connectivity index (χ4v) is 2.52. The molecule has 0 spiro atoms. The van der Waals surface area contributed by atoms with E-state index in [9.17, 15) is 8.42 Å². The van der Waals surface area contributed by atoms with E-state index in [2.05, 4.69) is 0 Å². The zero-order valence-electron chi connectivity index (χ0n) is 12.2. The third kappa shape index (κ3) is 5.82. The van der Waals surface area contributed by atoms with Crippen LogP contribution < -0.4 is 5.73 Å². The van der Waals surface area contributed by atoms with Gasteiger partial charge in [0.25, 0.3) is 0 Å². The van der Waals surface area contributed by atoms with Crippen LogP contribution in [0.3, 0.4) is 0 Å². The molecule has 5 nitrogen and oxygen atoms in total. The Balaban J connectivity index is 4.50. The molecular formula is C12H27N3O2S. The lowest BCUT2D eigenvalue weighted by molar-refractivity contribution is 0.241. The second kappa shape index (κ2) is 6.52. The minimum atomic E-state index is -3.09. The fraction of sp³-hybridized carbons (Fsp3) is 0.917. The second-order valence-corrected chi connectivity index (χ2v) is 8.70. The van der Waals surface area contributed by atoms with Crippen LogP contribution in [0.15, 0.2) is 0 Å². The van der Waals surface area contributed by atoms with E-state index in [-0.39, 0.29) is 17.6 Å². The van der Waals surface area contributed by atoms with Crippen molar-refractivity contribution in [3.63, 3.8) is 0 Å². The van der Waals surface area contributed by atoms with Crippen LogP contribution in [-0.4, -0.2) is 48.8 Å². The largest absolute Gasteiger partial charge is 0.388 e. The first kappa shape index (κ1) is 17.4. The maximum Gasteiger partial charge on any atom is 0.156 e. The third-order valence-electron chi connectivity index (χ3n) is 2.98. The van der Waals surface area contributed by atoms with E-state index in [0.717, 1.165) is 0 Å². The molecule has 0 bridgehead atoms. The molecule has 0 radical (unpaired) electrons. The fourth-order valence-electron chi connectivity index (χ4n) is 1.44. The van der Waals surface area contributed by atoms with Crippen LogP contribution in [0, 0.1) is 5.41 Å². The molecule has 0 heterocycles. The summed E-state index contributed by atoms with van der Waals surface area (Å²) in [4.78, 5) is 2.05. The smallest absolute Gasteiger partial charge is 0.156 e. The summed E-state index contributed by atoms with van der Waals surface area (Å²) in [6.45, 7) is 10.3. The number of rotatable bonds is 7. The molecule has 0 aliphatic carbocycles. The molecule has 108 valence electrons. The van der Waals surface area contributed by atoms with Gasteiger partial charge in [0.1, 0.15) is 0 Å². The summed E-state index contributed by atoms with van der Waals surface area (Å²) < 4.78 is 23.3. The Kier molecular flexibility index (Phi) is 6.29. The molecule has 0 aliphatic heterocycles. The van der Waals surface area contributed by atoms with Gasteiger partial charge in [-0.05, 0) is 34.6 Å². The lowest BCUT2D eigenvalue weighted by Gasteiger charge is -2.28. The molecule has 0 aliphatic rings. The zero-order chi connectivity index (χ0) is 14.6. The molecule has 3 N–H and O–H groups in total. The van der Waals surface area contributed by atoms with Crippen molar-refractivity contribution in [2.24, 2.45) is 5.73 Å². The van der Waals surface area contributed by atoms with E-state index >= 15 is 0 Å². The van der Waals surface area contributed by atoms with Crippen LogP contribution in [-0.2, 0) is 9.84 Å². The van der Waals surface area contributed by atoms with Gasteiger partial charge in [0, 0.05) is 25.6 Å². The average Bonchev–Trinajstić information content (AvgIpc) is 2.14. The van der Waals surface area contributed by atoms with Gasteiger partial charge in [0.2, 0.25) is 0 Å². The van der Waals surface area contributed by atoms with Gasteiger partial charge in [-0.1, -0.05) is 0 Å². The maximum atomic E-state index is 12.0. The normalized spacial score (nSPS) is 13.3. The van der Waals surface area contributed by atoms with Crippen LogP contribution in [0.2, 0.25) is 0 Å². The molecule has 0 rings (SSSR count). The van der Waals surface area contributed by atoms with E-state index in [0.29, 0.717) is 19.5 Å². The molecule has 6 heteroatoms. The molecule has 0 saturated carbocycles. The van der Waals surface area contributed by atoms with E-state index in [1.807, 2.05) is 18.7 Å². The van der Waals surface area contributed by atoms with Crippen LogP contribution >= 0.6 is 0 Å². The first-order chi connectivity index (χ1) is 7.97. The molecule has 0 unspecified atom stereocenters. The monoisotopic (exact) mass is 277 g/mol. The highest BCUT2D eigenvalue weighted by molar-refractivity contribution is 7.92. The Labute approximate surface area is 111 Å². The van der Waals surface area contributed by atoms with E-state index < -0.39 is 14.6 Å². The number of hydrogen-bond donors (Lipinski definition) is 2. The number of sulfone groups is 1. The van der Waals surface area contributed by atoms with Gasteiger partial charge in [-0.25, -0.2) is 8.42 Å². The lowest BCUT2D eigenvalue weighted by Crippen LogP contribution is -2.40. The van der Waals surface area contributed by atoms with Gasteiger partial charge < -0.3 is 5.73 Å². The summed E-state index contributed by atoms with van der Waals surface area (Å²) in [5.41, 5.74) is 5.33. The SMILES string of the molecule is CC(C)N(CCC(=N)N)CCS(=O)(=O)C(C)(C)C. The van der Waals surface area contributed by atoms with Crippen LogP contribution in [0.25, 0.3) is 0 Å². The number of amidine groups is 1. The van der Waals surface area contributed by atoms with Crippen LogP contribution in [0.4, 0.5) is 0 Å². The van der Waals surface area contributed by atoms with Crippen molar-refractivity contribution < 1.29 is 8.42 Å². The summed E-state index contributed by atoms with van der Waals surface area (Å²) in [7, 11) is -3.09. The van der Waals surface area contributed by atoms with Crippen molar-refractivity contribution in [2.75, 3.05) is 18.8 Å². The first-order valence-electron chi connectivity index (χ1n) is 6.26. The number of nitrogens with one attached hydrogen (secondary N) is 1. The topological polar surface area (TPSA) is 87.2 Å². The van der Waals surface area contributed by atoms with Gasteiger partial charge in [0.05, 0.1) is 16.3 Å². The Morgan fingerprint density at radius 3 is 2.11 bits per heavy atom. The van der Waals surface area contributed by atoms with Gasteiger partial charge in [0.15, 0.2) is 9.84 Å². The van der Waals surface area contributed by atoms with E-state index in [1.54, 1.807) is 20.8 Å². The van der Waals surface area contributed by atoms with Crippen molar-refractivity contribution in [1.29, 1.82) is 5.41 Å². The number of nitrogens with two attached hydrogens (primary N) is 1. The molecular weight excluding hydrogens is 250 g/mol. The Morgan fingerprint density at radius 1 is 1.28 bits per heavy atom. The van der Waals surface area contributed by atoms with Crippen molar-refractivity contribution in [2.45, 2.75) is 51.8 Å². The summed E-state index contributed by atoms with van der Waals surface area (Å²) in [5, 5.41) is 7.22. The highest BCUT2D eigenvalue weighted by Crippen LogP contribution is 2.16. The molecule has 0 aromatic heterocycles. The highest BCUT2D eigenvalue weighted by Gasteiger charge is 2.29. The Morgan fingerprint density at radius 2 is 1.78 bits per heavy atom. The lowest BCUT2D eigenvalue weighted by atomic mass is 10.3. The van der Waals surface area contributed by atoms with Crippen molar-refractivity contribution in [3.05, 3.63) is 0 Å². The predicted octanol–water partition coefficient (Wildman–Crippen LogP) is 1.24. The highest BCUT2D eigenvalue weighted by atomic mass is 32.2. The molecule has 0 aromatic rings. The molecule has 18 heavy (non-hydrogen) atoms. The summed E-state index contributed by atoms with van der Waals surface area (Å²) in [6.07, 6.45) is 0.480. The number of nitrogens with zero attached hydrogens (tertiary/aromatic N) is 1. The van der Waals surface area contributed by atoms with Crippen LogP contribution in [0.5, 0.6) is 0 Å². The molecule has 0 saturated heterocycles. The molecule has 0 amide bonds. The van der Waals surface area contributed by atoms with E-state index in [1.165, 1.54) is 0 Å². The van der Waals surface area contributed by atoms with Crippen molar-refractivity contribution in [1.82, 2.24) is 4.90 Å². The summed E-state index contributed by atoms with van der Waals surface area (Å²) in [5.74, 6) is 0.284. The summed E-state index contributed by atoms with van der Waals surface area (Å²) >= 11 is 0.